The molecular weight excluding hydrogens is 294 g/mol. The molecule has 0 saturated carbocycles. The van der Waals surface area contributed by atoms with Crippen LogP contribution in [-0.4, -0.2) is 33.6 Å². The lowest BCUT2D eigenvalue weighted by molar-refractivity contribution is -0.118. The summed E-state index contributed by atoms with van der Waals surface area (Å²) in [5.41, 5.74) is 1.69. The molecule has 0 aliphatic carbocycles. The average Bonchev–Trinajstić information content (AvgIpc) is 2.93. The number of hydrogen-bond acceptors (Lipinski definition) is 3. The zero-order valence-corrected chi connectivity index (χ0v) is 12.2. The van der Waals surface area contributed by atoms with Gasteiger partial charge in [-0.3, -0.25) is 19.2 Å². The van der Waals surface area contributed by atoms with Crippen molar-refractivity contribution >= 4 is 22.6 Å². The number of amides is 1. The summed E-state index contributed by atoms with van der Waals surface area (Å²) in [5.74, 6) is -3.35. The summed E-state index contributed by atoms with van der Waals surface area (Å²) in [7, 11) is 3.29. The molecule has 1 aromatic heterocycles. The van der Waals surface area contributed by atoms with Crippen LogP contribution in [0.15, 0.2) is 23.0 Å². The van der Waals surface area contributed by atoms with Gasteiger partial charge in [0.15, 0.2) is 0 Å². The number of halogens is 2. The van der Waals surface area contributed by atoms with Gasteiger partial charge in [-0.05, 0) is 18.2 Å². The van der Waals surface area contributed by atoms with E-state index in [-0.39, 0.29) is 5.69 Å². The Labute approximate surface area is 124 Å². The van der Waals surface area contributed by atoms with Crippen molar-refractivity contribution in [2.75, 3.05) is 11.9 Å². The predicted molar refractivity (Wildman–Crippen MR) is 78.1 cm³/mol. The fourth-order valence-electron chi connectivity index (χ4n) is 2.71. The van der Waals surface area contributed by atoms with Crippen LogP contribution in [0, 0.1) is 0 Å². The standard InChI is InChI=1S/C14H16F2N4O2/c1-19-10-4-3-8(5-11(10)20(2)13(19)22)18-12(21)9-6-14(15,16)7-17-9/h3-5,9,17H,6-7H2,1-2H3,(H,18,21). The van der Waals surface area contributed by atoms with Crippen molar-refractivity contribution < 1.29 is 13.6 Å². The van der Waals surface area contributed by atoms with E-state index in [1.165, 1.54) is 9.13 Å². The first-order chi connectivity index (χ1) is 10.3. The van der Waals surface area contributed by atoms with Gasteiger partial charge in [0.25, 0.3) is 5.92 Å². The number of alkyl halides is 2. The lowest BCUT2D eigenvalue weighted by atomic mass is 10.1. The maximum Gasteiger partial charge on any atom is 0.328 e. The number of rotatable bonds is 2. The fourth-order valence-corrected chi connectivity index (χ4v) is 2.71. The molecule has 6 nitrogen and oxygen atoms in total. The van der Waals surface area contributed by atoms with Crippen LogP contribution >= 0.6 is 0 Å². The molecule has 2 aromatic rings. The molecular formula is C14H16F2N4O2. The highest BCUT2D eigenvalue weighted by molar-refractivity contribution is 5.96. The normalized spacial score (nSPS) is 20.5. The molecule has 0 radical (unpaired) electrons. The average molecular weight is 310 g/mol. The molecule has 1 aromatic carbocycles. The van der Waals surface area contributed by atoms with Crippen molar-refractivity contribution in [2.24, 2.45) is 14.1 Å². The van der Waals surface area contributed by atoms with Gasteiger partial charge < -0.3 is 5.32 Å². The Balaban J connectivity index is 1.84. The molecule has 8 heteroatoms. The van der Waals surface area contributed by atoms with Gasteiger partial charge >= 0.3 is 5.69 Å². The van der Waals surface area contributed by atoms with Gasteiger partial charge in [0.05, 0.1) is 23.6 Å². The minimum absolute atomic E-state index is 0.171. The van der Waals surface area contributed by atoms with E-state index in [0.29, 0.717) is 11.2 Å². The summed E-state index contributed by atoms with van der Waals surface area (Å²) in [6.45, 7) is -0.489. The molecule has 118 valence electrons. The summed E-state index contributed by atoms with van der Waals surface area (Å²) in [6, 6.07) is 4.10. The van der Waals surface area contributed by atoms with E-state index in [9.17, 15) is 18.4 Å². The van der Waals surface area contributed by atoms with Gasteiger partial charge in [-0.25, -0.2) is 13.6 Å². The topological polar surface area (TPSA) is 68.1 Å². The van der Waals surface area contributed by atoms with E-state index >= 15 is 0 Å². The van der Waals surface area contributed by atoms with Crippen LogP contribution in [0.1, 0.15) is 6.42 Å². The van der Waals surface area contributed by atoms with E-state index in [4.69, 9.17) is 0 Å². The number of nitrogens with zero attached hydrogens (tertiary/aromatic N) is 2. The highest BCUT2D eigenvalue weighted by atomic mass is 19.3. The molecule has 2 heterocycles. The molecule has 1 saturated heterocycles. The second kappa shape index (κ2) is 4.91. The number of nitrogens with one attached hydrogen (secondary N) is 2. The maximum atomic E-state index is 13.1. The molecule has 0 spiro atoms. The van der Waals surface area contributed by atoms with Crippen LogP contribution < -0.4 is 16.3 Å². The van der Waals surface area contributed by atoms with Crippen LogP contribution in [0.5, 0.6) is 0 Å². The minimum Gasteiger partial charge on any atom is -0.325 e. The van der Waals surface area contributed by atoms with E-state index < -0.39 is 30.8 Å². The smallest absolute Gasteiger partial charge is 0.325 e. The van der Waals surface area contributed by atoms with Crippen LogP contribution in [-0.2, 0) is 18.9 Å². The second-order valence-electron chi connectivity index (χ2n) is 5.59. The number of anilines is 1. The lowest BCUT2D eigenvalue weighted by Gasteiger charge is -2.11. The third-order valence-electron chi connectivity index (χ3n) is 3.97. The second-order valence-corrected chi connectivity index (χ2v) is 5.59. The molecule has 3 rings (SSSR count). The first-order valence-electron chi connectivity index (χ1n) is 6.86. The summed E-state index contributed by atoms with van der Waals surface area (Å²) in [5, 5.41) is 5.12. The van der Waals surface area contributed by atoms with Gasteiger partial charge in [-0.1, -0.05) is 0 Å². The molecule has 1 unspecified atom stereocenters. The van der Waals surface area contributed by atoms with Crippen LogP contribution in [0.2, 0.25) is 0 Å². The molecule has 1 fully saturated rings. The van der Waals surface area contributed by atoms with Gasteiger partial charge in [0.1, 0.15) is 0 Å². The number of aromatic nitrogens is 2. The maximum absolute atomic E-state index is 13.1. The van der Waals surface area contributed by atoms with Gasteiger partial charge in [0.2, 0.25) is 5.91 Å². The van der Waals surface area contributed by atoms with Gasteiger partial charge in [-0.2, -0.15) is 0 Å². The highest BCUT2D eigenvalue weighted by Crippen LogP contribution is 2.26. The quantitative estimate of drug-likeness (QED) is 0.863. The SMILES string of the molecule is Cn1c(=O)n(C)c2cc(NC(=O)C3CC(F)(F)CN3)ccc21. The number of aryl methyl sites for hydroxylation is 2. The Kier molecular flexibility index (Phi) is 3.28. The third-order valence-corrected chi connectivity index (χ3v) is 3.97. The van der Waals surface area contributed by atoms with E-state index in [2.05, 4.69) is 10.6 Å². The zero-order chi connectivity index (χ0) is 16.1. The zero-order valence-electron chi connectivity index (χ0n) is 12.2. The van der Waals surface area contributed by atoms with Crippen molar-refractivity contribution in [1.82, 2.24) is 14.5 Å². The molecule has 0 bridgehead atoms. The Morgan fingerprint density at radius 1 is 1.32 bits per heavy atom. The van der Waals surface area contributed by atoms with Crippen molar-refractivity contribution in [2.45, 2.75) is 18.4 Å². The largest absolute Gasteiger partial charge is 0.328 e. The third kappa shape index (κ3) is 2.39. The number of fused-ring (bicyclic) bond motifs is 1. The predicted octanol–water partition coefficient (Wildman–Crippen LogP) is 0.813. The fraction of sp³-hybridized carbons (Fsp3) is 0.429. The minimum atomic E-state index is -2.85. The van der Waals surface area contributed by atoms with E-state index in [1.54, 1.807) is 32.3 Å². The molecule has 1 aliphatic rings. The molecule has 1 amide bonds. The molecule has 1 aliphatic heterocycles. The van der Waals surface area contributed by atoms with Crippen molar-refractivity contribution in [3.63, 3.8) is 0 Å². The number of carbonyl (C=O) groups excluding carboxylic acids is 1. The first-order valence-corrected chi connectivity index (χ1v) is 6.86. The van der Waals surface area contributed by atoms with E-state index in [1.807, 2.05) is 0 Å². The lowest BCUT2D eigenvalue weighted by Crippen LogP contribution is -2.35. The monoisotopic (exact) mass is 310 g/mol. The Morgan fingerprint density at radius 2 is 2.00 bits per heavy atom. The van der Waals surface area contributed by atoms with Gasteiger partial charge in [-0.15, -0.1) is 0 Å². The first kappa shape index (κ1) is 14.7. The highest BCUT2D eigenvalue weighted by Gasteiger charge is 2.42. The summed E-state index contributed by atoms with van der Waals surface area (Å²) in [4.78, 5) is 23.9. The Hall–Kier alpha value is -2.22. The summed E-state index contributed by atoms with van der Waals surface area (Å²) in [6.07, 6.45) is -0.509. The van der Waals surface area contributed by atoms with E-state index in [0.717, 1.165) is 5.52 Å². The Bertz CT molecular complexity index is 809. The Morgan fingerprint density at radius 3 is 2.64 bits per heavy atom. The molecule has 2 N–H and O–H groups in total. The number of carbonyl (C=O) groups is 1. The van der Waals surface area contributed by atoms with Crippen molar-refractivity contribution in [1.29, 1.82) is 0 Å². The van der Waals surface area contributed by atoms with Gasteiger partial charge in [0, 0.05) is 26.2 Å². The van der Waals surface area contributed by atoms with Crippen LogP contribution in [0.3, 0.4) is 0 Å². The van der Waals surface area contributed by atoms with Crippen LogP contribution in [0.4, 0.5) is 14.5 Å². The molecule has 1 atom stereocenters. The number of imidazole rings is 1. The molecule has 22 heavy (non-hydrogen) atoms. The van der Waals surface area contributed by atoms with Crippen molar-refractivity contribution in [3.8, 4) is 0 Å². The number of benzene rings is 1. The number of hydrogen-bond donors (Lipinski definition) is 2. The summed E-state index contributed by atoms with van der Waals surface area (Å²) >= 11 is 0. The summed E-state index contributed by atoms with van der Waals surface area (Å²) < 4.78 is 29.2. The van der Waals surface area contributed by atoms with Crippen LogP contribution in [0.25, 0.3) is 11.0 Å². The van der Waals surface area contributed by atoms with Crippen molar-refractivity contribution in [3.05, 3.63) is 28.7 Å².